The number of ether oxygens (including phenoxy) is 1. The first-order valence-corrected chi connectivity index (χ1v) is 9.67. The molecule has 4 N–H and O–H groups in total. The number of carboxylic acid groups (broad SMARTS) is 1. The minimum atomic E-state index is -3.94. The summed E-state index contributed by atoms with van der Waals surface area (Å²) in [6.07, 6.45) is 1.44. The van der Waals surface area contributed by atoms with Gasteiger partial charge in [0.25, 0.3) is 0 Å². The maximum absolute atomic E-state index is 12.0. The van der Waals surface area contributed by atoms with Crippen molar-refractivity contribution in [2.75, 3.05) is 25.5 Å². The summed E-state index contributed by atoms with van der Waals surface area (Å²) in [5.74, 6) is -1.54. The van der Waals surface area contributed by atoms with Gasteiger partial charge in [-0.25, -0.2) is 18.4 Å². The molecule has 26 heavy (non-hydrogen) atoms. The van der Waals surface area contributed by atoms with Crippen molar-refractivity contribution in [1.82, 2.24) is 4.90 Å². The number of anilines is 1. The quantitative estimate of drug-likeness (QED) is 0.549. The van der Waals surface area contributed by atoms with Gasteiger partial charge < -0.3 is 15.2 Å². The minimum Gasteiger partial charge on any atom is -0.480 e. The first-order valence-electron chi connectivity index (χ1n) is 8.13. The third kappa shape index (κ3) is 4.71. The normalized spacial score (nSPS) is 19.7. The number of sulfonamides is 1. The lowest BCUT2D eigenvalue weighted by molar-refractivity contribution is -0.139. The van der Waals surface area contributed by atoms with E-state index in [1.54, 1.807) is 0 Å². The van der Waals surface area contributed by atoms with Crippen LogP contribution in [0.5, 0.6) is 0 Å². The smallest absolute Gasteiger partial charge is 0.340 e. The van der Waals surface area contributed by atoms with Crippen LogP contribution in [-0.4, -0.2) is 62.6 Å². The SMILES string of the molecule is CCN(CC(=O)O)C1CC(Nc2ccc(S(N)(=O)=O)cc2C(=O)OC)C1. The second kappa shape index (κ2) is 8.02. The number of carboxylic acids is 1. The van der Waals surface area contributed by atoms with Crippen molar-refractivity contribution in [3.8, 4) is 0 Å². The number of nitrogens with two attached hydrogens (primary N) is 1. The van der Waals surface area contributed by atoms with Gasteiger partial charge in [-0.05, 0) is 37.6 Å². The number of primary sulfonamides is 1. The monoisotopic (exact) mass is 385 g/mol. The zero-order valence-electron chi connectivity index (χ0n) is 14.6. The second-order valence-electron chi connectivity index (χ2n) is 6.17. The molecule has 0 bridgehead atoms. The number of likely N-dealkylation sites (N-methyl/N-ethyl adjacent to an activating group) is 1. The summed E-state index contributed by atoms with van der Waals surface area (Å²) in [5.41, 5.74) is 0.536. The summed E-state index contributed by atoms with van der Waals surface area (Å²) in [6, 6.07) is 4.19. The molecule has 0 spiro atoms. The molecule has 0 radical (unpaired) electrons. The highest BCUT2D eigenvalue weighted by Crippen LogP contribution is 2.30. The number of rotatable bonds is 8. The van der Waals surface area contributed by atoms with Crippen molar-refractivity contribution in [1.29, 1.82) is 0 Å². The Balaban J connectivity index is 2.11. The first kappa shape index (κ1) is 20.1. The molecule has 0 heterocycles. The Morgan fingerprint density at radius 3 is 2.54 bits per heavy atom. The van der Waals surface area contributed by atoms with Gasteiger partial charge in [0.1, 0.15) is 0 Å². The van der Waals surface area contributed by atoms with Gasteiger partial charge in [0.15, 0.2) is 0 Å². The van der Waals surface area contributed by atoms with Crippen LogP contribution in [0.1, 0.15) is 30.1 Å². The van der Waals surface area contributed by atoms with E-state index in [2.05, 4.69) is 5.32 Å². The average molecular weight is 385 g/mol. The molecule has 0 unspecified atom stereocenters. The number of methoxy groups -OCH3 is 1. The number of aliphatic carboxylic acids is 1. The fourth-order valence-electron chi connectivity index (χ4n) is 3.00. The summed E-state index contributed by atoms with van der Waals surface area (Å²) in [7, 11) is -2.73. The molecule has 0 aromatic heterocycles. The van der Waals surface area contributed by atoms with Crippen molar-refractivity contribution in [3.05, 3.63) is 23.8 Å². The van der Waals surface area contributed by atoms with Gasteiger partial charge >= 0.3 is 11.9 Å². The number of hydrogen-bond donors (Lipinski definition) is 3. The number of esters is 1. The van der Waals surface area contributed by atoms with Gasteiger partial charge in [-0.2, -0.15) is 0 Å². The van der Waals surface area contributed by atoms with Crippen LogP contribution in [-0.2, 0) is 19.6 Å². The van der Waals surface area contributed by atoms with Gasteiger partial charge in [-0.3, -0.25) is 9.69 Å². The highest BCUT2D eigenvalue weighted by atomic mass is 32.2. The zero-order chi connectivity index (χ0) is 19.5. The second-order valence-corrected chi connectivity index (χ2v) is 7.73. The minimum absolute atomic E-state index is 0.00957. The summed E-state index contributed by atoms with van der Waals surface area (Å²) < 4.78 is 27.7. The summed E-state index contributed by atoms with van der Waals surface area (Å²) in [4.78, 5) is 24.6. The van der Waals surface area contributed by atoms with E-state index in [4.69, 9.17) is 15.0 Å². The molecular weight excluding hydrogens is 362 g/mol. The van der Waals surface area contributed by atoms with E-state index in [1.165, 1.54) is 25.3 Å². The van der Waals surface area contributed by atoms with Gasteiger partial charge in [-0.15, -0.1) is 0 Å². The number of benzene rings is 1. The number of nitrogens with one attached hydrogen (secondary N) is 1. The van der Waals surface area contributed by atoms with Gasteiger partial charge in [-0.1, -0.05) is 6.92 Å². The molecule has 0 atom stereocenters. The maximum atomic E-state index is 12.0. The summed E-state index contributed by atoms with van der Waals surface area (Å²) in [6.45, 7) is 2.54. The Kier molecular flexibility index (Phi) is 6.21. The lowest BCUT2D eigenvalue weighted by Crippen LogP contribution is -2.51. The van der Waals surface area contributed by atoms with Crippen LogP contribution < -0.4 is 10.5 Å². The van der Waals surface area contributed by atoms with E-state index in [1.807, 2.05) is 11.8 Å². The predicted molar refractivity (Wildman–Crippen MR) is 94.5 cm³/mol. The predicted octanol–water partition coefficient (Wildman–Crippen LogP) is 0.470. The van der Waals surface area contributed by atoms with Crippen LogP contribution in [0.3, 0.4) is 0 Å². The Morgan fingerprint density at radius 2 is 2.04 bits per heavy atom. The van der Waals surface area contributed by atoms with Crippen LogP contribution in [0.2, 0.25) is 0 Å². The third-order valence-electron chi connectivity index (χ3n) is 4.46. The molecule has 0 amide bonds. The van der Waals surface area contributed by atoms with E-state index < -0.39 is 22.0 Å². The molecule has 1 aliphatic carbocycles. The number of carbonyl (C=O) groups excluding carboxylic acids is 1. The van der Waals surface area contributed by atoms with Crippen molar-refractivity contribution in [2.24, 2.45) is 5.14 Å². The Labute approximate surface area is 152 Å². The van der Waals surface area contributed by atoms with Crippen LogP contribution >= 0.6 is 0 Å². The zero-order valence-corrected chi connectivity index (χ0v) is 15.5. The molecule has 144 valence electrons. The molecule has 9 nitrogen and oxygen atoms in total. The standard InChI is InChI=1S/C16H23N3O6S/c1-3-19(9-15(20)21)11-6-10(7-11)18-14-5-4-12(26(17,23)24)8-13(14)16(22)25-2/h4-5,8,10-11,18H,3,6-7,9H2,1-2H3,(H,20,21)(H2,17,23,24). The van der Waals surface area contributed by atoms with Crippen LogP contribution in [0.15, 0.2) is 23.1 Å². The molecule has 1 aliphatic rings. The number of nitrogens with zero attached hydrogens (tertiary/aromatic N) is 1. The molecule has 0 saturated heterocycles. The topological polar surface area (TPSA) is 139 Å². The van der Waals surface area contributed by atoms with Gasteiger partial charge in [0, 0.05) is 17.8 Å². The highest BCUT2D eigenvalue weighted by molar-refractivity contribution is 7.89. The van der Waals surface area contributed by atoms with Crippen molar-refractivity contribution in [2.45, 2.75) is 36.7 Å². The Morgan fingerprint density at radius 1 is 1.38 bits per heavy atom. The maximum Gasteiger partial charge on any atom is 0.340 e. The van der Waals surface area contributed by atoms with Crippen LogP contribution in [0, 0.1) is 0 Å². The van der Waals surface area contributed by atoms with Crippen molar-refractivity contribution >= 4 is 27.6 Å². The summed E-state index contributed by atoms with van der Waals surface area (Å²) in [5, 5.41) is 17.2. The molecule has 1 fully saturated rings. The average Bonchev–Trinajstić information content (AvgIpc) is 2.54. The molecule has 10 heteroatoms. The largest absolute Gasteiger partial charge is 0.480 e. The molecule has 1 aromatic carbocycles. The lowest BCUT2D eigenvalue weighted by Gasteiger charge is -2.42. The van der Waals surface area contributed by atoms with Gasteiger partial charge in [0.05, 0.1) is 24.1 Å². The molecule has 1 aromatic rings. The van der Waals surface area contributed by atoms with E-state index in [9.17, 15) is 18.0 Å². The molecule has 0 aliphatic heterocycles. The molecular formula is C16H23N3O6S. The van der Waals surface area contributed by atoms with Gasteiger partial charge in [0.2, 0.25) is 10.0 Å². The van der Waals surface area contributed by atoms with E-state index in [0.717, 1.165) is 12.8 Å². The third-order valence-corrected chi connectivity index (χ3v) is 5.37. The van der Waals surface area contributed by atoms with E-state index >= 15 is 0 Å². The molecule has 1 saturated carbocycles. The highest BCUT2D eigenvalue weighted by Gasteiger charge is 2.34. The number of hydrogen-bond acceptors (Lipinski definition) is 7. The first-order chi connectivity index (χ1) is 12.2. The fraction of sp³-hybridized carbons (Fsp3) is 0.500. The fourth-order valence-corrected chi connectivity index (χ4v) is 3.54. The lowest BCUT2D eigenvalue weighted by atomic mass is 9.85. The Bertz CT molecular complexity index is 789. The van der Waals surface area contributed by atoms with E-state index in [0.29, 0.717) is 12.2 Å². The van der Waals surface area contributed by atoms with E-state index in [-0.39, 0.29) is 29.1 Å². The van der Waals surface area contributed by atoms with Crippen molar-refractivity contribution in [3.63, 3.8) is 0 Å². The van der Waals surface area contributed by atoms with Crippen molar-refractivity contribution < 1.29 is 27.9 Å². The van der Waals surface area contributed by atoms with Crippen LogP contribution in [0.4, 0.5) is 5.69 Å². The molecule has 2 rings (SSSR count). The van der Waals surface area contributed by atoms with Crippen LogP contribution in [0.25, 0.3) is 0 Å². The Hall–Kier alpha value is -2.17. The number of carbonyl (C=O) groups is 2. The summed E-state index contributed by atoms with van der Waals surface area (Å²) >= 11 is 0.